The van der Waals surface area contributed by atoms with Gasteiger partial charge in [-0.1, -0.05) is 54.6 Å². The summed E-state index contributed by atoms with van der Waals surface area (Å²) < 4.78 is 0. The average molecular weight is 345 g/mol. The predicted octanol–water partition coefficient (Wildman–Crippen LogP) is 4.11. The summed E-state index contributed by atoms with van der Waals surface area (Å²) in [6.07, 6.45) is 2.99. The Morgan fingerprint density at radius 3 is 2.77 bits per heavy atom. The molecule has 1 atom stereocenters. The standard InChI is InChI=1S/C23H23NO2/c1-3-4-8-13-24(16-18-9-6-5-7-10-18)23(26)21-15-19-12-11-17(2)14-20(19)22(21)25/h4-7,9-12,14,21H,1,8,13,15-16H2,2H3. The summed E-state index contributed by atoms with van der Waals surface area (Å²) in [5.41, 5.74) is 6.53. The first-order valence-corrected chi connectivity index (χ1v) is 8.91. The summed E-state index contributed by atoms with van der Waals surface area (Å²) in [6.45, 7) is 6.59. The summed E-state index contributed by atoms with van der Waals surface area (Å²) in [5.74, 6) is -0.751. The number of benzene rings is 2. The second-order valence-corrected chi connectivity index (χ2v) is 6.72. The van der Waals surface area contributed by atoms with Crippen molar-refractivity contribution in [3.05, 3.63) is 89.2 Å². The molecule has 0 heterocycles. The van der Waals surface area contributed by atoms with Gasteiger partial charge in [0.05, 0.1) is 0 Å². The lowest BCUT2D eigenvalue weighted by atomic mass is 10.0. The Bertz CT molecular complexity index is 863. The Labute approximate surface area is 154 Å². The van der Waals surface area contributed by atoms with Crippen LogP contribution in [0.3, 0.4) is 0 Å². The van der Waals surface area contributed by atoms with Crippen LogP contribution < -0.4 is 0 Å². The molecule has 3 nitrogen and oxygen atoms in total. The van der Waals surface area contributed by atoms with Crippen molar-refractivity contribution in [3.63, 3.8) is 0 Å². The minimum Gasteiger partial charge on any atom is -0.337 e. The predicted molar refractivity (Wildman–Crippen MR) is 103 cm³/mol. The summed E-state index contributed by atoms with van der Waals surface area (Å²) >= 11 is 0. The van der Waals surface area contributed by atoms with Crippen molar-refractivity contribution >= 4 is 11.7 Å². The third-order valence-corrected chi connectivity index (χ3v) is 4.79. The lowest BCUT2D eigenvalue weighted by Gasteiger charge is -2.25. The van der Waals surface area contributed by atoms with Gasteiger partial charge in [-0.3, -0.25) is 9.59 Å². The number of rotatable bonds is 6. The average Bonchev–Trinajstić information content (AvgIpc) is 2.97. The van der Waals surface area contributed by atoms with Gasteiger partial charge in [-0.25, -0.2) is 0 Å². The highest BCUT2D eigenvalue weighted by Gasteiger charge is 2.37. The van der Waals surface area contributed by atoms with Gasteiger partial charge in [0.1, 0.15) is 5.92 Å². The van der Waals surface area contributed by atoms with Crippen LogP contribution in [0.15, 0.2) is 66.9 Å². The van der Waals surface area contributed by atoms with E-state index in [1.807, 2.05) is 61.5 Å². The minimum absolute atomic E-state index is 0.0500. The van der Waals surface area contributed by atoms with E-state index in [0.717, 1.165) is 16.7 Å². The molecule has 0 aliphatic heterocycles. The van der Waals surface area contributed by atoms with Crippen LogP contribution >= 0.6 is 0 Å². The number of fused-ring (bicyclic) bond motifs is 1. The second-order valence-electron chi connectivity index (χ2n) is 6.72. The lowest BCUT2D eigenvalue weighted by Crippen LogP contribution is -2.38. The maximum absolute atomic E-state index is 13.2. The van der Waals surface area contributed by atoms with Gasteiger partial charge in [0, 0.05) is 18.7 Å². The van der Waals surface area contributed by atoms with Crippen LogP contribution in [-0.4, -0.2) is 23.1 Å². The number of carbonyl (C=O) groups excluding carboxylic acids is 2. The van der Waals surface area contributed by atoms with Crippen molar-refractivity contribution in [2.24, 2.45) is 5.92 Å². The highest BCUT2D eigenvalue weighted by molar-refractivity contribution is 6.13. The lowest BCUT2D eigenvalue weighted by molar-refractivity contribution is -0.134. The topological polar surface area (TPSA) is 37.4 Å². The number of Topliss-reactive ketones (excluding diaryl/α,β-unsaturated/α-hetero) is 1. The molecule has 0 saturated heterocycles. The largest absolute Gasteiger partial charge is 0.337 e. The Hall–Kier alpha value is -2.90. The van der Waals surface area contributed by atoms with Crippen molar-refractivity contribution in [2.75, 3.05) is 6.54 Å². The Kier molecular flexibility index (Phi) is 5.50. The van der Waals surface area contributed by atoms with Gasteiger partial charge in [-0.05, 0) is 43.0 Å². The van der Waals surface area contributed by atoms with E-state index in [4.69, 9.17) is 0 Å². The maximum Gasteiger partial charge on any atom is 0.234 e. The van der Waals surface area contributed by atoms with Crippen LogP contribution in [0.2, 0.25) is 0 Å². The Balaban J connectivity index is 1.81. The van der Waals surface area contributed by atoms with Crippen LogP contribution in [0.5, 0.6) is 0 Å². The third kappa shape index (κ3) is 3.84. The van der Waals surface area contributed by atoms with Gasteiger partial charge >= 0.3 is 0 Å². The van der Waals surface area contributed by atoms with Gasteiger partial charge in [0.25, 0.3) is 0 Å². The van der Waals surface area contributed by atoms with Gasteiger partial charge in [-0.2, -0.15) is 0 Å². The molecule has 3 heteroatoms. The number of ketones is 1. The molecular weight excluding hydrogens is 322 g/mol. The Morgan fingerprint density at radius 2 is 2.04 bits per heavy atom. The summed E-state index contributed by atoms with van der Waals surface area (Å²) in [7, 11) is 0. The molecule has 0 N–H and O–H groups in total. The molecule has 0 aromatic heterocycles. The molecular formula is C23H23NO2. The first kappa shape index (κ1) is 17.9. The molecule has 0 saturated carbocycles. The normalized spacial score (nSPS) is 15.3. The smallest absolute Gasteiger partial charge is 0.234 e. The third-order valence-electron chi connectivity index (χ3n) is 4.79. The molecule has 132 valence electrons. The van der Waals surface area contributed by atoms with Crippen molar-refractivity contribution in [1.29, 1.82) is 0 Å². The van der Waals surface area contributed by atoms with Crippen LogP contribution in [0.25, 0.3) is 0 Å². The number of nitrogens with zero attached hydrogens (tertiary/aromatic N) is 1. The first-order valence-electron chi connectivity index (χ1n) is 8.91. The monoisotopic (exact) mass is 345 g/mol. The van der Waals surface area contributed by atoms with Crippen LogP contribution in [0.4, 0.5) is 0 Å². The van der Waals surface area contributed by atoms with Gasteiger partial charge in [0.2, 0.25) is 5.91 Å². The Morgan fingerprint density at radius 1 is 1.27 bits per heavy atom. The molecule has 1 unspecified atom stereocenters. The molecule has 3 rings (SSSR count). The zero-order valence-electron chi connectivity index (χ0n) is 15.1. The van der Waals surface area contributed by atoms with E-state index in [9.17, 15) is 9.59 Å². The zero-order chi connectivity index (χ0) is 18.5. The van der Waals surface area contributed by atoms with E-state index < -0.39 is 5.92 Å². The van der Waals surface area contributed by atoms with E-state index in [-0.39, 0.29) is 11.7 Å². The number of carbonyl (C=O) groups is 2. The fourth-order valence-corrected chi connectivity index (χ4v) is 3.41. The zero-order valence-corrected chi connectivity index (χ0v) is 15.1. The molecule has 0 bridgehead atoms. The molecule has 0 spiro atoms. The number of hydrogen-bond donors (Lipinski definition) is 0. The van der Waals surface area contributed by atoms with Crippen molar-refractivity contribution in [3.8, 4) is 0 Å². The van der Waals surface area contributed by atoms with Gasteiger partial charge in [0.15, 0.2) is 5.78 Å². The SMILES string of the molecule is C=C=CCCN(Cc1ccccc1)C(=O)C1Cc2ccc(C)cc2C1=O. The van der Waals surface area contributed by atoms with Crippen LogP contribution in [-0.2, 0) is 17.8 Å². The molecule has 1 amide bonds. The van der Waals surface area contributed by atoms with Gasteiger partial charge < -0.3 is 4.90 Å². The quantitative estimate of drug-likeness (QED) is 0.584. The van der Waals surface area contributed by atoms with E-state index >= 15 is 0 Å². The minimum atomic E-state index is -0.608. The number of hydrogen-bond acceptors (Lipinski definition) is 2. The first-order chi connectivity index (χ1) is 12.6. The van der Waals surface area contributed by atoms with Crippen LogP contribution in [0, 0.1) is 12.8 Å². The van der Waals surface area contributed by atoms with Crippen molar-refractivity contribution in [2.45, 2.75) is 26.3 Å². The van der Waals surface area contributed by atoms with E-state index in [1.54, 1.807) is 4.90 Å². The van der Waals surface area contributed by atoms with E-state index in [1.165, 1.54) is 0 Å². The summed E-state index contributed by atoms with van der Waals surface area (Å²) in [4.78, 5) is 27.7. The maximum atomic E-state index is 13.2. The molecule has 0 fully saturated rings. The molecule has 2 aromatic carbocycles. The van der Waals surface area contributed by atoms with Crippen molar-refractivity contribution in [1.82, 2.24) is 4.90 Å². The summed E-state index contributed by atoms with van der Waals surface area (Å²) in [5, 5.41) is 0. The van der Waals surface area contributed by atoms with Gasteiger partial charge in [-0.15, -0.1) is 5.73 Å². The highest BCUT2D eigenvalue weighted by Crippen LogP contribution is 2.29. The fourth-order valence-electron chi connectivity index (χ4n) is 3.41. The molecule has 26 heavy (non-hydrogen) atoms. The number of amides is 1. The molecule has 0 radical (unpaired) electrons. The van der Waals surface area contributed by atoms with E-state index in [0.29, 0.717) is 31.5 Å². The number of aryl methyl sites for hydroxylation is 1. The highest BCUT2D eigenvalue weighted by atomic mass is 16.2. The van der Waals surface area contributed by atoms with Crippen LogP contribution in [0.1, 0.15) is 33.5 Å². The summed E-state index contributed by atoms with van der Waals surface area (Å²) in [6, 6.07) is 15.7. The molecule has 1 aliphatic carbocycles. The second kappa shape index (κ2) is 7.99. The molecule has 1 aliphatic rings. The van der Waals surface area contributed by atoms with E-state index in [2.05, 4.69) is 12.3 Å². The molecule has 2 aromatic rings. The fraction of sp³-hybridized carbons (Fsp3) is 0.261. The van der Waals surface area contributed by atoms with Crippen molar-refractivity contribution < 1.29 is 9.59 Å².